The molecule has 74 valence electrons. The van der Waals surface area contributed by atoms with Crippen molar-refractivity contribution in [2.45, 2.75) is 6.54 Å². The third-order valence-corrected chi connectivity index (χ3v) is 2.29. The van der Waals surface area contributed by atoms with Gasteiger partial charge >= 0.3 is 0 Å². The molecule has 0 fully saturated rings. The van der Waals surface area contributed by atoms with Crippen molar-refractivity contribution in [1.29, 1.82) is 0 Å². The molecule has 0 saturated heterocycles. The summed E-state index contributed by atoms with van der Waals surface area (Å²) < 4.78 is 4.99. The lowest BCUT2D eigenvalue weighted by Crippen LogP contribution is -1.94. The molecule has 0 radical (unpaired) electrons. The first-order chi connectivity index (χ1) is 6.76. The van der Waals surface area contributed by atoms with Crippen molar-refractivity contribution in [2.24, 2.45) is 5.73 Å². The Kier molecular flexibility index (Phi) is 2.05. The predicted molar refractivity (Wildman–Crippen MR) is 54.4 cm³/mol. The number of hydrogen-bond acceptors (Lipinski definition) is 3. The summed E-state index contributed by atoms with van der Waals surface area (Å²) in [5.41, 5.74) is 7.45. The number of rotatable bonds is 2. The summed E-state index contributed by atoms with van der Waals surface area (Å²) in [5, 5.41) is 10.5. The van der Waals surface area contributed by atoms with Crippen molar-refractivity contribution in [3.8, 4) is 11.5 Å². The molecule has 4 N–H and O–H groups in total. The van der Waals surface area contributed by atoms with E-state index >= 15 is 0 Å². The van der Waals surface area contributed by atoms with Crippen LogP contribution in [0.15, 0.2) is 18.3 Å². The van der Waals surface area contributed by atoms with Gasteiger partial charge in [-0.05, 0) is 11.6 Å². The van der Waals surface area contributed by atoms with Crippen LogP contribution in [-0.2, 0) is 6.54 Å². The van der Waals surface area contributed by atoms with Gasteiger partial charge in [0.15, 0.2) is 11.5 Å². The van der Waals surface area contributed by atoms with Crippen molar-refractivity contribution in [3.05, 3.63) is 23.9 Å². The third-order valence-electron chi connectivity index (χ3n) is 2.29. The smallest absolute Gasteiger partial charge is 0.162 e. The summed E-state index contributed by atoms with van der Waals surface area (Å²) in [6.07, 6.45) is 1.84. The van der Waals surface area contributed by atoms with E-state index in [0.29, 0.717) is 12.3 Å². The number of H-pyrrole nitrogens is 1. The van der Waals surface area contributed by atoms with E-state index in [2.05, 4.69) is 4.98 Å². The standard InChI is InChI=1S/C10H12N2O2/c1-14-10-3-8-7(2-9(10)13)6(4-11)5-12-8/h2-3,5,12-13H,4,11H2,1H3. The minimum absolute atomic E-state index is 0.134. The van der Waals surface area contributed by atoms with Crippen molar-refractivity contribution >= 4 is 10.9 Å². The van der Waals surface area contributed by atoms with Crippen LogP contribution in [0.3, 0.4) is 0 Å². The first kappa shape index (κ1) is 8.90. The minimum atomic E-state index is 0.134. The maximum atomic E-state index is 9.57. The van der Waals surface area contributed by atoms with Gasteiger partial charge < -0.3 is 20.6 Å². The highest BCUT2D eigenvalue weighted by atomic mass is 16.5. The van der Waals surface area contributed by atoms with Gasteiger partial charge in [0.2, 0.25) is 0 Å². The van der Waals surface area contributed by atoms with Gasteiger partial charge in [-0.1, -0.05) is 0 Å². The van der Waals surface area contributed by atoms with Crippen LogP contribution in [0.25, 0.3) is 10.9 Å². The Morgan fingerprint density at radius 1 is 1.50 bits per heavy atom. The highest BCUT2D eigenvalue weighted by Crippen LogP contribution is 2.32. The topological polar surface area (TPSA) is 71.3 Å². The van der Waals surface area contributed by atoms with Crippen molar-refractivity contribution in [2.75, 3.05) is 7.11 Å². The van der Waals surface area contributed by atoms with Gasteiger partial charge in [0.05, 0.1) is 7.11 Å². The number of benzene rings is 1. The van der Waals surface area contributed by atoms with Gasteiger partial charge in [-0.2, -0.15) is 0 Å². The number of aromatic nitrogens is 1. The molecule has 1 heterocycles. The summed E-state index contributed by atoms with van der Waals surface area (Å²) in [6.45, 7) is 0.450. The van der Waals surface area contributed by atoms with E-state index in [-0.39, 0.29) is 5.75 Å². The van der Waals surface area contributed by atoms with E-state index in [0.717, 1.165) is 16.5 Å². The Morgan fingerprint density at radius 3 is 2.93 bits per heavy atom. The molecule has 0 saturated carbocycles. The fraction of sp³-hybridized carbons (Fsp3) is 0.200. The molecule has 0 unspecified atom stereocenters. The average molecular weight is 192 g/mol. The molecule has 0 amide bonds. The zero-order valence-electron chi connectivity index (χ0n) is 7.87. The Labute approximate surface area is 81.3 Å². The monoisotopic (exact) mass is 192 g/mol. The summed E-state index contributed by atoms with van der Waals surface area (Å²) in [6, 6.07) is 3.41. The molecule has 0 atom stereocenters. The van der Waals surface area contributed by atoms with Crippen LogP contribution in [0, 0.1) is 0 Å². The molecule has 14 heavy (non-hydrogen) atoms. The zero-order valence-corrected chi connectivity index (χ0v) is 7.87. The number of nitrogens with two attached hydrogens (primary N) is 1. The third kappa shape index (κ3) is 1.20. The second-order valence-corrected chi connectivity index (χ2v) is 3.09. The minimum Gasteiger partial charge on any atom is -0.504 e. The Bertz CT molecular complexity index is 462. The molecule has 0 aliphatic heterocycles. The summed E-state index contributed by atoms with van der Waals surface area (Å²) in [4.78, 5) is 3.07. The molecule has 2 rings (SSSR count). The fourth-order valence-electron chi connectivity index (χ4n) is 1.53. The van der Waals surface area contributed by atoms with Gasteiger partial charge in [-0.15, -0.1) is 0 Å². The van der Waals surface area contributed by atoms with Crippen LogP contribution in [0.5, 0.6) is 11.5 Å². The average Bonchev–Trinajstić information content (AvgIpc) is 2.58. The number of hydrogen-bond donors (Lipinski definition) is 3. The van der Waals surface area contributed by atoms with Crippen LogP contribution in [-0.4, -0.2) is 17.2 Å². The lowest BCUT2D eigenvalue weighted by molar-refractivity contribution is 0.374. The van der Waals surface area contributed by atoms with Crippen LogP contribution >= 0.6 is 0 Å². The number of nitrogens with one attached hydrogen (secondary N) is 1. The van der Waals surface area contributed by atoms with Crippen molar-refractivity contribution < 1.29 is 9.84 Å². The van der Waals surface area contributed by atoms with E-state index in [1.54, 1.807) is 12.1 Å². The Morgan fingerprint density at radius 2 is 2.29 bits per heavy atom. The molecule has 4 nitrogen and oxygen atoms in total. The quantitative estimate of drug-likeness (QED) is 0.672. The molecule has 0 aliphatic carbocycles. The van der Waals surface area contributed by atoms with E-state index in [4.69, 9.17) is 10.5 Å². The van der Waals surface area contributed by atoms with Crippen molar-refractivity contribution in [1.82, 2.24) is 4.98 Å². The molecule has 0 spiro atoms. The number of aromatic hydroxyl groups is 1. The number of ether oxygens (including phenoxy) is 1. The highest BCUT2D eigenvalue weighted by molar-refractivity contribution is 5.86. The maximum Gasteiger partial charge on any atom is 0.162 e. The molecule has 0 aliphatic rings. The lowest BCUT2D eigenvalue weighted by atomic mass is 10.1. The molecular formula is C10H12N2O2. The maximum absolute atomic E-state index is 9.57. The summed E-state index contributed by atoms with van der Waals surface area (Å²) >= 11 is 0. The number of aromatic amines is 1. The zero-order chi connectivity index (χ0) is 10.1. The second kappa shape index (κ2) is 3.23. The number of phenolic OH excluding ortho intramolecular Hbond substituents is 1. The van der Waals surface area contributed by atoms with E-state index in [1.165, 1.54) is 7.11 Å². The molecule has 2 aromatic rings. The number of phenols is 1. The Balaban J connectivity index is 2.69. The highest BCUT2D eigenvalue weighted by Gasteiger charge is 2.07. The molecule has 0 bridgehead atoms. The normalized spacial score (nSPS) is 10.7. The van der Waals surface area contributed by atoms with Crippen molar-refractivity contribution in [3.63, 3.8) is 0 Å². The summed E-state index contributed by atoms with van der Waals surface area (Å²) in [7, 11) is 1.52. The lowest BCUT2D eigenvalue weighted by Gasteiger charge is -2.03. The molecule has 1 aromatic carbocycles. The van der Waals surface area contributed by atoms with Gasteiger partial charge in [0.25, 0.3) is 0 Å². The summed E-state index contributed by atoms with van der Waals surface area (Å²) in [5.74, 6) is 0.595. The van der Waals surface area contributed by atoms with Gasteiger partial charge in [0.1, 0.15) is 0 Å². The SMILES string of the molecule is COc1cc2[nH]cc(CN)c2cc1O. The van der Waals surface area contributed by atoms with Crippen LogP contribution < -0.4 is 10.5 Å². The number of methoxy groups -OCH3 is 1. The molecule has 4 heteroatoms. The van der Waals surface area contributed by atoms with Gasteiger partial charge in [-0.3, -0.25) is 0 Å². The largest absolute Gasteiger partial charge is 0.504 e. The molecule has 1 aromatic heterocycles. The first-order valence-corrected chi connectivity index (χ1v) is 4.33. The second-order valence-electron chi connectivity index (χ2n) is 3.09. The first-order valence-electron chi connectivity index (χ1n) is 4.33. The predicted octanol–water partition coefficient (Wildman–Crippen LogP) is 1.34. The van der Waals surface area contributed by atoms with Gasteiger partial charge in [-0.25, -0.2) is 0 Å². The van der Waals surface area contributed by atoms with E-state index < -0.39 is 0 Å². The molecular weight excluding hydrogens is 180 g/mol. The van der Waals surface area contributed by atoms with Crippen LogP contribution in [0.4, 0.5) is 0 Å². The number of fused-ring (bicyclic) bond motifs is 1. The van der Waals surface area contributed by atoms with Gasteiger partial charge in [0, 0.05) is 29.7 Å². The Hall–Kier alpha value is -1.68. The van der Waals surface area contributed by atoms with Crippen LogP contribution in [0.1, 0.15) is 5.56 Å². The van der Waals surface area contributed by atoms with E-state index in [9.17, 15) is 5.11 Å². The van der Waals surface area contributed by atoms with Crippen LogP contribution in [0.2, 0.25) is 0 Å². The van der Waals surface area contributed by atoms with E-state index in [1.807, 2.05) is 6.20 Å². The fourth-order valence-corrected chi connectivity index (χ4v) is 1.53.